The van der Waals surface area contributed by atoms with Crippen LogP contribution in [0.5, 0.6) is 0 Å². The normalized spacial score (nSPS) is 19.9. The highest BCUT2D eigenvalue weighted by molar-refractivity contribution is 7.89. The Morgan fingerprint density at radius 1 is 1.17 bits per heavy atom. The lowest BCUT2D eigenvalue weighted by Crippen LogP contribution is -2.46. The van der Waals surface area contributed by atoms with Gasteiger partial charge in [-0.25, -0.2) is 17.8 Å². The lowest BCUT2D eigenvalue weighted by Gasteiger charge is -2.33. The zero-order valence-electron chi connectivity index (χ0n) is 19.5. The largest absolute Gasteiger partial charge is 0.376 e. The lowest BCUT2D eigenvalue weighted by atomic mass is 9.96. The van der Waals surface area contributed by atoms with Crippen LogP contribution in [0, 0.1) is 18.7 Å². The Hall–Kier alpha value is -2.40. The van der Waals surface area contributed by atoms with Crippen molar-refractivity contribution in [3.8, 4) is 0 Å². The number of benzene rings is 2. The summed E-state index contributed by atoms with van der Waals surface area (Å²) in [5, 5.41) is 0.663. The fourth-order valence-corrected chi connectivity index (χ4v) is 7.29. The van der Waals surface area contributed by atoms with Gasteiger partial charge in [0, 0.05) is 25.6 Å². The first-order valence-electron chi connectivity index (χ1n) is 11.9. The van der Waals surface area contributed by atoms with Crippen molar-refractivity contribution in [2.75, 3.05) is 31.1 Å². The summed E-state index contributed by atoms with van der Waals surface area (Å²) in [4.78, 5) is 20.4. The molecule has 186 valence electrons. The molecule has 5 rings (SSSR count). The van der Waals surface area contributed by atoms with Crippen LogP contribution in [0.4, 0.5) is 9.52 Å². The van der Waals surface area contributed by atoms with Gasteiger partial charge in [0.15, 0.2) is 5.13 Å². The third kappa shape index (κ3) is 4.97. The fourth-order valence-electron chi connectivity index (χ4n) is 4.76. The van der Waals surface area contributed by atoms with Crippen molar-refractivity contribution in [1.82, 2.24) is 9.29 Å². The molecule has 2 fully saturated rings. The molecular formula is C25H28FN3O4S2. The first-order chi connectivity index (χ1) is 16.8. The van der Waals surface area contributed by atoms with Gasteiger partial charge in [-0.1, -0.05) is 23.5 Å². The number of para-hydroxylation sites is 1. The molecule has 35 heavy (non-hydrogen) atoms. The first kappa shape index (κ1) is 24.3. The number of fused-ring (bicyclic) bond motifs is 1. The SMILES string of the molecule is Cc1cccc2sc(N(CC3CCCO3)C(=O)C3CCN(S(=O)(=O)c4ccc(F)cc4)CC3)nc12. The molecule has 3 aromatic rings. The minimum atomic E-state index is -3.73. The summed E-state index contributed by atoms with van der Waals surface area (Å²) in [5.41, 5.74) is 1.96. The molecule has 7 nitrogen and oxygen atoms in total. The molecule has 0 bridgehead atoms. The molecule has 2 aliphatic heterocycles. The van der Waals surface area contributed by atoms with Crippen LogP contribution in [0.25, 0.3) is 10.2 Å². The number of halogens is 1. The molecule has 1 amide bonds. The predicted molar refractivity (Wildman–Crippen MR) is 134 cm³/mol. The van der Waals surface area contributed by atoms with Crippen molar-refractivity contribution >= 4 is 42.6 Å². The van der Waals surface area contributed by atoms with Gasteiger partial charge in [-0.2, -0.15) is 4.31 Å². The second kappa shape index (κ2) is 9.93. The zero-order valence-corrected chi connectivity index (χ0v) is 21.2. The van der Waals surface area contributed by atoms with Gasteiger partial charge in [-0.05, 0) is 68.5 Å². The van der Waals surface area contributed by atoms with E-state index in [1.807, 2.05) is 25.1 Å². The van der Waals surface area contributed by atoms with Crippen LogP contribution in [0.3, 0.4) is 0 Å². The van der Waals surface area contributed by atoms with Gasteiger partial charge in [0.1, 0.15) is 5.82 Å². The van der Waals surface area contributed by atoms with Gasteiger partial charge in [-0.3, -0.25) is 9.69 Å². The molecule has 0 N–H and O–H groups in total. The Bertz CT molecular complexity index is 1310. The van der Waals surface area contributed by atoms with Gasteiger partial charge in [0.05, 0.1) is 27.8 Å². The summed E-state index contributed by atoms with van der Waals surface area (Å²) in [6, 6.07) is 10.9. The number of sulfonamides is 1. The van der Waals surface area contributed by atoms with E-state index in [-0.39, 0.29) is 35.9 Å². The highest BCUT2D eigenvalue weighted by Gasteiger charge is 2.36. The maximum atomic E-state index is 13.7. The highest BCUT2D eigenvalue weighted by Crippen LogP contribution is 2.34. The average molecular weight is 518 g/mol. The van der Waals surface area contributed by atoms with Crippen molar-refractivity contribution in [2.24, 2.45) is 5.92 Å². The number of thiazole rings is 1. The summed E-state index contributed by atoms with van der Waals surface area (Å²) in [5.74, 6) is -0.815. The number of anilines is 1. The molecule has 2 aromatic carbocycles. The number of ether oxygens (including phenoxy) is 1. The second-order valence-electron chi connectivity index (χ2n) is 9.13. The van der Waals surface area contributed by atoms with Crippen LogP contribution in [0.2, 0.25) is 0 Å². The number of piperidine rings is 1. The molecule has 1 aromatic heterocycles. The number of aromatic nitrogens is 1. The van der Waals surface area contributed by atoms with E-state index in [9.17, 15) is 17.6 Å². The van der Waals surface area contributed by atoms with Crippen molar-refractivity contribution < 1.29 is 22.3 Å². The van der Waals surface area contributed by atoms with E-state index >= 15 is 0 Å². The summed E-state index contributed by atoms with van der Waals surface area (Å²) in [6.07, 6.45) is 2.70. The van der Waals surface area contributed by atoms with E-state index in [4.69, 9.17) is 9.72 Å². The summed E-state index contributed by atoms with van der Waals surface area (Å²) >= 11 is 1.50. The second-order valence-corrected chi connectivity index (χ2v) is 12.1. The number of amides is 1. The highest BCUT2D eigenvalue weighted by atomic mass is 32.2. The van der Waals surface area contributed by atoms with E-state index in [2.05, 4.69) is 0 Å². The maximum absolute atomic E-state index is 13.7. The molecule has 0 saturated carbocycles. The number of carbonyl (C=O) groups excluding carboxylic acids is 1. The molecule has 0 radical (unpaired) electrons. The van der Waals surface area contributed by atoms with Crippen LogP contribution < -0.4 is 4.90 Å². The Morgan fingerprint density at radius 2 is 1.91 bits per heavy atom. The number of nitrogens with zero attached hydrogens (tertiary/aromatic N) is 3. The number of aryl methyl sites for hydroxylation is 1. The van der Waals surface area contributed by atoms with Crippen LogP contribution in [0.1, 0.15) is 31.2 Å². The zero-order chi connectivity index (χ0) is 24.6. The molecule has 0 spiro atoms. The van der Waals surface area contributed by atoms with E-state index < -0.39 is 15.8 Å². The predicted octanol–water partition coefficient (Wildman–Crippen LogP) is 4.36. The molecule has 0 aliphatic carbocycles. The van der Waals surface area contributed by atoms with Gasteiger partial charge < -0.3 is 4.74 Å². The van der Waals surface area contributed by atoms with E-state index in [1.165, 1.54) is 27.8 Å². The fraction of sp³-hybridized carbons (Fsp3) is 0.440. The smallest absolute Gasteiger partial charge is 0.243 e. The molecule has 2 aliphatic rings. The van der Waals surface area contributed by atoms with Crippen molar-refractivity contribution in [3.63, 3.8) is 0 Å². The Morgan fingerprint density at radius 3 is 2.57 bits per heavy atom. The standard InChI is InChI=1S/C25H28FN3O4S2/c1-17-4-2-6-22-23(17)27-25(34-22)29(16-20-5-3-15-33-20)24(30)18-11-13-28(14-12-18)35(31,32)21-9-7-19(26)8-10-21/h2,4,6-10,18,20H,3,5,11-16H2,1H3. The van der Waals surface area contributed by atoms with E-state index in [0.29, 0.717) is 31.1 Å². The van der Waals surface area contributed by atoms with Crippen molar-refractivity contribution in [2.45, 2.75) is 43.6 Å². The molecule has 2 saturated heterocycles. The molecule has 1 atom stereocenters. The monoisotopic (exact) mass is 517 g/mol. The Kier molecular flexibility index (Phi) is 6.89. The van der Waals surface area contributed by atoms with Crippen LogP contribution in [-0.2, 0) is 19.6 Å². The quantitative estimate of drug-likeness (QED) is 0.486. The molecule has 10 heteroatoms. The molecule has 3 heterocycles. The topological polar surface area (TPSA) is 79.8 Å². The Labute approximate surface area is 208 Å². The minimum absolute atomic E-state index is 0.0222. The van der Waals surface area contributed by atoms with Gasteiger partial charge in [0.25, 0.3) is 0 Å². The molecular weight excluding hydrogens is 489 g/mol. The van der Waals surface area contributed by atoms with Crippen LogP contribution in [-0.4, -0.2) is 56.0 Å². The summed E-state index contributed by atoms with van der Waals surface area (Å²) < 4.78 is 47.4. The van der Waals surface area contributed by atoms with E-state index in [0.717, 1.165) is 40.8 Å². The summed E-state index contributed by atoms with van der Waals surface area (Å²) in [6.45, 7) is 3.64. The number of carbonyl (C=O) groups is 1. The van der Waals surface area contributed by atoms with Gasteiger partial charge >= 0.3 is 0 Å². The third-order valence-corrected chi connectivity index (χ3v) is 9.73. The minimum Gasteiger partial charge on any atom is -0.376 e. The van der Waals surface area contributed by atoms with Crippen molar-refractivity contribution in [1.29, 1.82) is 0 Å². The molecule has 1 unspecified atom stereocenters. The maximum Gasteiger partial charge on any atom is 0.243 e. The van der Waals surface area contributed by atoms with Gasteiger partial charge in [-0.15, -0.1) is 0 Å². The van der Waals surface area contributed by atoms with E-state index in [1.54, 1.807) is 4.90 Å². The number of hydrogen-bond donors (Lipinski definition) is 0. The number of hydrogen-bond acceptors (Lipinski definition) is 6. The third-order valence-electron chi connectivity index (χ3n) is 6.77. The lowest BCUT2D eigenvalue weighted by molar-refractivity contribution is -0.123. The Balaban J connectivity index is 1.34. The average Bonchev–Trinajstić information content (AvgIpc) is 3.53. The summed E-state index contributed by atoms with van der Waals surface area (Å²) in [7, 11) is -3.73. The van der Waals surface area contributed by atoms with Crippen molar-refractivity contribution in [3.05, 3.63) is 53.8 Å². The van der Waals surface area contributed by atoms with Crippen LogP contribution >= 0.6 is 11.3 Å². The first-order valence-corrected chi connectivity index (χ1v) is 14.1. The number of rotatable bonds is 6. The van der Waals surface area contributed by atoms with Crippen LogP contribution in [0.15, 0.2) is 47.4 Å². The van der Waals surface area contributed by atoms with Gasteiger partial charge in [0.2, 0.25) is 15.9 Å².